The van der Waals surface area contributed by atoms with Crippen LogP contribution in [0.4, 0.5) is 0 Å². The maximum atomic E-state index is 12.1. The number of carbonyl (C=O) groups excluding carboxylic acids is 1. The second-order valence-electron chi connectivity index (χ2n) is 4.90. The van der Waals surface area contributed by atoms with Crippen LogP contribution in [0, 0.1) is 6.92 Å². The van der Waals surface area contributed by atoms with Crippen LogP contribution >= 0.6 is 15.9 Å². The second-order valence-corrected chi connectivity index (χ2v) is 5.75. The van der Waals surface area contributed by atoms with Gasteiger partial charge in [-0.25, -0.2) is 9.59 Å². The molecule has 23 heavy (non-hydrogen) atoms. The van der Waals surface area contributed by atoms with E-state index in [2.05, 4.69) is 15.9 Å². The number of hydrogen-bond donors (Lipinski definition) is 1. The molecular weight excluding hydrogens is 364 g/mol. The van der Waals surface area contributed by atoms with Gasteiger partial charge in [0.25, 0.3) is 0 Å². The van der Waals surface area contributed by atoms with E-state index in [1.165, 1.54) is 18.2 Å². The molecule has 120 valence electrons. The summed E-state index contributed by atoms with van der Waals surface area (Å²) in [4.78, 5) is 23.0. The van der Waals surface area contributed by atoms with Crippen molar-refractivity contribution in [2.24, 2.45) is 0 Å². The number of para-hydroxylation sites is 1. The molecule has 0 fully saturated rings. The van der Waals surface area contributed by atoms with Crippen LogP contribution in [0.2, 0.25) is 0 Å². The average Bonchev–Trinajstić information content (AvgIpc) is 2.51. The molecule has 0 amide bonds. The van der Waals surface area contributed by atoms with Crippen molar-refractivity contribution in [3.05, 3.63) is 58.1 Å². The Kier molecular flexibility index (Phi) is 5.39. The highest BCUT2D eigenvalue weighted by Gasteiger charge is 2.19. The number of aromatic carboxylic acids is 1. The lowest BCUT2D eigenvalue weighted by Gasteiger charge is -2.16. The van der Waals surface area contributed by atoms with Crippen LogP contribution < -0.4 is 9.47 Å². The number of esters is 1. The normalized spacial score (nSPS) is 11.6. The molecule has 2 aromatic carbocycles. The SMILES string of the molecule is Cc1ccccc1OC(C)C(=O)Oc1ccc(C(=O)O)cc1Br. The van der Waals surface area contributed by atoms with Crippen molar-refractivity contribution < 1.29 is 24.2 Å². The summed E-state index contributed by atoms with van der Waals surface area (Å²) in [5.74, 6) is -0.783. The summed E-state index contributed by atoms with van der Waals surface area (Å²) in [6, 6.07) is 11.5. The van der Waals surface area contributed by atoms with E-state index >= 15 is 0 Å². The van der Waals surface area contributed by atoms with Crippen LogP contribution in [0.1, 0.15) is 22.8 Å². The van der Waals surface area contributed by atoms with Crippen LogP contribution in [0.25, 0.3) is 0 Å². The predicted octanol–water partition coefficient (Wildman–Crippen LogP) is 3.83. The molecule has 6 heteroatoms. The highest BCUT2D eigenvalue weighted by molar-refractivity contribution is 9.10. The Hall–Kier alpha value is -2.34. The molecule has 0 bridgehead atoms. The maximum Gasteiger partial charge on any atom is 0.352 e. The molecule has 0 radical (unpaired) electrons. The molecule has 5 nitrogen and oxygen atoms in total. The Labute approximate surface area is 142 Å². The van der Waals surface area contributed by atoms with Gasteiger partial charge in [0.1, 0.15) is 11.5 Å². The van der Waals surface area contributed by atoms with Gasteiger partial charge in [-0.15, -0.1) is 0 Å². The largest absolute Gasteiger partial charge is 0.479 e. The molecule has 0 saturated heterocycles. The van der Waals surface area contributed by atoms with Gasteiger partial charge in [-0.2, -0.15) is 0 Å². The quantitative estimate of drug-likeness (QED) is 0.632. The number of carbonyl (C=O) groups is 2. The standard InChI is InChI=1S/C17H15BrO5/c1-10-5-3-4-6-14(10)22-11(2)17(21)23-15-8-7-12(16(19)20)9-13(15)18/h3-9,11H,1-2H3,(H,19,20). The summed E-state index contributed by atoms with van der Waals surface area (Å²) >= 11 is 3.19. The Morgan fingerprint density at radius 2 is 1.83 bits per heavy atom. The Balaban J connectivity index is 2.07. The van der Waals surface area contributed by atoms with Crippen molar-refractivity contribution in [2.45, 2.75) is 20.0 Å². The van der Waals surface area contributed by atoms with Crippen LogP contribution in [0.15, 0.2) is 46.9 Å². The highest BCUT2D eigenvalue weighted by atomic mass is 79.9. The van der Waals surface area contributed by atoms with Gasteiger partial charge in [0, 0.05) is 0 Å². The molecule has 0 aliphatic heterocycles. The highest BCUT2D eigenvalue weighted by Crippen LogP contribution is 2.27. The van der Waals surface area contributed by atoms with Gasteiger partial charge in [-0.3, -0.25) is 0 Å². The molecule has 1 atom stereocenters. The van der Waals surface area contributed by atoms with Gasteiger partial charge >= 0.3 is 11.9 Å². The van der Waals surface area contributed by atoms with E-state index in [0.29, 0.717) is 10.2 Å². The fourth-order valence-corrected chi connectivity index (χ4v) is 2.29. The van der Waals surface area contributed by atoms with E-state index < -0.39 is 18.0 Å². The van der Waals surface area contributed by atoms with Crippen molar-refractivity contribution in [1.29, 1.82) is 0 Å². The summed E-state index contributed by atoms with van der Waals surface area (Å²) in [5.41, 5.74) is 1.01. The molecule has 1 N–H and O–H groups in total. The van der Waals surface area contributed by atoms with Crippen LogP contribution in [0.3, 0.4) is 0 Å². The second kappa shape index (κ2) is 7.28. The molecule has 0 spiro atoms. The molecule has 1 unspecified atom stereocenters. The Morgan fingerprint density at radius 1 is 1.13 bits per heavy atom. The first-order chi connectivity index (χ1) is 10.9. The molecule has 0 aliphatic carbocycles. The summed E-state index contributed by atoms with van der Waals surface area (Å²) < 4.78 is 11.2. The molecule has 2 rings (SSSR count). The molecule has 0 aliphatic rings. The third-order valence-corrected chi connectivity index (χ3v) is 3.74. The van der Waals surface area contributed by atoms with E-state index in [9.17, 15) is 9.59 Å². The first kappa shape index (κ1) is 17.0. The van der Waals surface area contributed by atoms with Crippen LogP contribution in [-0.2, 0) is 4.79 Å². The number of carboxylic acid groups (broad SMARTS) is 1. The topological polar surface area (TPSA) is 72.8 Å². The molecule has 2 aromatic rings. The van der Waals surface area contributed by atoms with Gasteiger partial charge in [0.15, 0.2) is 6.10 Å². The van der Waals surface area contributed by atoms with E-state index in [4.69, 9.17) is 14.6 Å². The van der Waals surface area contributed by atoms with Gasteiger partial charge in [-0.1, -0.05) is 18.2 Å². The van der Waals surface area contributed by atoms with Crippen LogP contribution in [-0.4, -0.2) is 23.1 Å². The summed E-state index contributed by atoms with van der Waals surface area (Å²) in [7, 11) is 0. The monoisotopic (exact) mass is 378 g/mol. The lowest BCUT2D eigenvalue weighted by atomic mass is 10.2. The third-order valence-electron chi connectivity index (χ3n) is 3.12. The van der Waals surface area contributed by atoms with E-state index in [1.54, 1.807) is 13.0 Å². The lowest BCUT2D eigenvalue weighted by molar-refractivity contribution is -0.141. The minimum Gasteiger partial charge on any atom is -0.479 e. The fraction of sp³-hybridized carbons (Fsp3) is 0.176. The van der Waals surface area contributed by atoms with Crippen molar-refractivity contribution in [3.8, 4) is 11.5 Å². The van der Waals surface area contributed by atoms with E-state index in [-0.39, 0.29) is 11.3 Å². The molecule has 0 saturated carbocycles. The maximum absolute atomic E-state index is 12.1. The summed E-state index contributed by atoms with van der Waals surface area (Å²) in [6.07, 6.45) is -0.804. The summed E-state index contributed by atoms with van der Waals surface area (Å²) in [6.45, 7) is 3.48. The average molecular weight is 379 g/mol. The smallest absolute Gasteiger partial charge is 0.352 e. The van der Waals surface area contributed by atoms with Crippen molar-refractivity contribution in [2.75, 3.05) is 0 Å². The van der Waals surface area contributed by atoms with Gasteiger partial charge in [0.05, 0.1) is 10.0 Å². The lowest BCUT2D eigenvalue weighted by Crippen LogP contribution is -2.28. The van der Waals surface area contributed by atoms with Gasteiger partial charge < -0.3 is 14.6 Å². The minimum atomic E-state index is -1.06. The number of halogens is 1. The van der Waals surface area contributed by atoms with E-state index in [0.717, 1.165) is 5.56 Å². The molecule has 0 aromatic heterocycles. The number of benzene rings is 2. The van der Waals surface area contributed by atoms with Crippen molar-refractivity contribution in [3.63, 3.8) is 0 Å². The number of ether oxygens (including phenoxy) is 2. The Morgan fingerprint density at radius 3 is 2.43 bits per heavy atom. The summed E-state index contributed by atoms with van der Waals surface area (Å²) in [5, 5.41) is 8.91. The van der Waals surface area contributed by atoms with Gasteiger partial charge in [-0.05, 0) is 59.6 Å². The van der Waals surface area contributed by atoms with E-state index in [1.807, 2.05) is 25.1 Å². The van der Waals surface area contributed by atoms with Gasteiger partial charge in [0.2, 0.25) is 0 Å². The van der Waals surface area contributed by atoms with Crippen molar-refractivity contribution >= 4 is 27.9 Å². The van der Waals surface area contributed by atoms with Crippen LogP contribution in [0.5, 0.6) is 11.5 Å². The third kappa shape index (κ3) is 4.32. The zero-order valence-electron chi connectivity index (χ0n) is 12.6. The first-order valence-electron chi connectivity index (χ1n) is 6.85. The van der Waals surface area contributed by atoms with Crippen molar-refractivity contribution in [1.82, 2.24) is 0 Å². The fourth-order valence-electron chi connectivity index (χ4n) is 1.84. The number of hydrogen-bond acceptors (Lipinski definition) is 4. The number of rotatable bonds is 5. The molecular formula is C17H15BrO5. The zero-order chi connectivity index (χ0) is 17.0. The predicted molar refractivity (Wildman–Crippen MR) is 88.0 cm³/mol. The number of aryl methyl sites for hydroxylation is 1. The minimum absolute atomic E-state index is 0.0980. The first-order valence-corrected chi connectivity index (χ1v) is 7.64. The zero-order valence-corrected chi connectivity index (χ0v) is 14.2. The number of carboxylic acids is 1. The Bertz CT molecular complexity index is 742. The molecule has 0 heterocycles.